The van der Waals surface area contributed by atoms with Gasteiger partial charge in [0.15, 0.2) is 0 Å². The predicted molar refractivity (Wildman–Crippen MR) is 84.0 cm³/mol. The molecule has 0 fully saturated rings. The number of aryl methyl sites for hydroxylation is 1. The van der Waals surface area contributed by atoms with Gasteiger partial charge in [-0.3, -0.25) is 0 Å². The van der Waals surface area contributed by atoms with Crippen LogP contribution in [0.4, 0.5) is 0 Å². The van der Waals surface area contributed by atoms with Crippen LogP contribution >= 0.6 is 0 Å². The molecule has 0 heterocycles. The van der Waals surface area contributed by atoms with Crippen molar-refractivity contribution in [3.05, 3.63) is 35.4 Å². The molecule has 0 aliphatic rings. The maximum atomic E-state index is 8.73. The molecule has 0 radical (unpaired) electrons. The smallest absolute Gasteiger partial charge is 0.144 e. The predicted octanol–water partition coefficient (Wildman–Crippen LogP) is 3.20. The second-order valence-corrected chi connectivity index (χ2v) is 6.06. The van der Waals surface area contributed by atoms with Gasteiger partial charge in [-0.15, -0.1) is 0 Å². The number of oxime groups is 1. The zero-order chi connectivity index (χ0) is 15.2. The van der Waals surface area contributed by atoms with Crippen LogP contribution < -0.4 is 11.1 Å². The molecule has 0 aliphatic heterocycles. The minimum Gasteiger partial charge on any atom is -0.409 e. The molecule has 0 unspecified atom stereocenters. The van der Waals surface area contributed by atoms with E-state index in [1.54, 1.807) is 0 Å². The minimum atomic E-state index is -0.260. The van der Waals surface area contributed by atoms with Crippen LogP contribution in [0.2, 0.25) is 0 Å². The third kappa shape index (κ3) is 4.85. The summed E-state index contributed by atoms with van der Waals surface area (Å²) in [5.41, 5.74) is 7.99. The summed E-state index contributed by atoms with van der Waals surface area (Å²) in [6, 6.07) is 8.92. The van der Waals surface area contributed by atoms with Crippen molar-refractivity contribution in [3.63, 3.8) is 0 Å². The molecule has 1 aromatic carbocycles. The Bertz CT molecular complexity index is 438. The zero-order valence-electron chi connectivity index (χ0n) is 13.0. The Hall–Kier alpha value is -1.55. The lowest BCUT2D eigenvalue weighted by atomic mass is 9.86. The lowest BCUT2D eigenvalue weighted by Gasteiger charge is -2.23. The van der Waals surface area contributed by atoms with Crippen molar-refractivity contribution in [1.29, 1.82) is 0 Å². The van der Waals surface area contributed by atoms with Gasteiger partial charge in [0.05, 0.1) is 0 Å². The largest absolute Gasteiger partial charge is 0.409 e. The van der Waals surface area contributed by atoms with E-state index in [0.717, 1.165) is 19.4 Å². The summed E-state index contributed by atoms with van der Waals surface area (Å²) < 4.78 is 0. The van der Waals surface area contributed by atoms with Gasteiger partial charge in [0.2, 0.25) is 0 Å². The molecule has 0 spiro atoms. The molecule has 4 nitrogen and oxygen atoms in total. The number of nitrogens with two attached hydrogens (primary N) is 1. The summed E-state index contributed by atoms with van der Waals surface area (Å²) in [5, 5.41) is 15.3. The van der Waals surface area contributed by atoms with Crippen LogP contribution in [0.5, 0.6) is 0 Å². The zero-order valence-corrected chi connectivity index (χ0v) is 13.0. The molecule has 0 aliphatic carbocycles. The van der Waals surface area contributed by atoms with Gasteiger partial charge < -0.3 is 16.3 Å². The van der Waals surface area contributed by atoms with E-state index in [4.69, 9.17) is 10.9 Å². The van der Waals surface area contributed by atoms with E-state index in [1.165, 1.54) is 11.1 Å². The molecule has 0 aromatic heterocycles. The van der Waals surface area contributed by atoms with Crippen molar-refractivity contribution < 1.29 is 5.21 Å². The maximum absolute atomic E-state index is 8.73. The molecule has 0 saturated heterocycles. The fourth-order valence-electron chi connectivity index (χ4n) is 2.09. The Labute approximate surface area is 122 Å². The Morgan fingerprint density at radius 2 is 1.95 bits per heavy atom. The molecule has 0 bridgehead atoms. The Kier molecular flexibility index (Phi) is 6.02. The molecule has 1 atom stereocenters. The number of amidine groups is 1. The van der Waals surface area contributed by atoms with Gasteiger partial charge in [0, 0.05) is 11.5 Å². The molecule has 1 rings (SSSR count). The van der Waals surface area contributed by atoms with Crippen molar-refractivity contribution in [2.75, 3.05) is 6.54 Å². The Morgan fingerprint density at radius 3 is 2.50 bits per heavy atom. The van der Waals surface area contributed by atoms with Crippen molar-refractivity contribution >= 4 is 5.84 Å². The highest BCUT2D eigenvalue weighted by atomic mass is 16.4. The SMILES string of the molecule is Cc1ccc([C@H](C)NCCCC(C)(C)/C(N)=N/O)cc1. The van der Waals surface area contributed by atoms with Crippen LogP contribution in [0.1, 0.15) is 50.8 Å². The normalized spacial score (nSPS) is 14.3. The summed E-state index contributed by atoms with van der Waals surface area (Å²) in [7, 11) is 0. The average molecular weight is 277 g/mol. The van der Waals surface area contributed by atoms with Crippen molar-refractivity contribution in [2.24, 2.45) is 16.3 Å². The van der Waals surface area contributed by atoms with E-state index in [0.29, 0.717) is 11.9 Å². The highest BCUT2D eigenvalue weighted by Crippen LogP contribution is 2.22. The van der Waals surface area contributed by atoms with Gasteiger partial charge in [0.25, 0.3) is 0 Å². The van der Waals surface area contributed by atoms with Crippen LogP contribution in [0.15, 0.2) is 29.4 Å². The van der Waals surface area contributed by atoms with E-state index in [2.05, 4.69) is 48.6 Å². The first-order valence-corrected chi connectivity index (χ1v) is 7.15. The summed E-state index contributed by atoms with van der Waals surface area (Å²) in [5.74, 6) is 0.295. The van der Waals surface area contributed by atoms with Crippen molar-refractivity contribution in [3.8, 4) is 0 Å². The van der Waals surface area contributed by atoms with Crippen molar-refractivity contribution in [2.45, 2.75) is 46.6 Å². The molecular weight excluding hydrogens is 250 g/mol. The van der Waals surface area contributed by atoms with E-state index >= 15 is 0 Å². The molecule has 4 N–H and O–H groups in total. The van der Waals surface area contributed by atoms with E-state index in [-0.39, 0.29) is 5.41 Å². The number of rotatable bonds is 7. The number of benzene rings is 1. The third-order valence-corrected chi connectivity index (χ3v) is 3.81. The summed E-state index contributed by atoms with van der Waals surface area (Å²) in [6.07, 6.45) is 1.87. The second kappa shape index (κ2) is 7.29. The molecule has 1 aromatic rings. The van der Waals surface area contributed by atoms with Gasteiger partial charge >= 0.3 is 0 Å². The maximum Gasteiger partial charge on any atom is 0.144 e. The van der Waals surface area contributed by atoms with Gasteiger partial charge in [-0.2, -0.15) is 0 Å². The van der Waals surface area contributed by atoms with E-state index in [9.17, 15) is 0 Å². The van der Waals surface area contributed by atoms with Gasteiger partial charge in [0.1, 0.15) is 5.84 Å². The Morgan fingerprint density at radius 1 is 1.35 bits per heavy atom. The highest BCUT2D eigenvalue weighted by Gasteiger charge is 2.22. The summed E-state index contributed by atoms with van der Waals surface area (Å²) in [6.45, 7) is 9.16. The number of nitrogens with zero attached hydrogens (tertiary/aromatic N) is 1. The van der Waals surface area contributed by atoms with Gasteiger partial charge in [-0.05, 0) is 38.8 Å². The van der Waals surface area contributed by atoms with Crippen molar-refractivity contribution in [1.82, 2.24) is 5.32 Å². The van der Waals surface area contributed by atoms with Gasteiger partial charge in [-0.25, -0.2) is 0 Å². The molecule has 20 heavy (non-hydrogen) atoms. The van der Waals surface area contributed by atoms with E-state index < -0.39 is 0 Å². The quantitative estimate of drug-likeness (QED) is 0.236. The molecular formula is C16H27N3O. The van der Waals surface area contributed by atoms with Crippen LogP contribution in [-0.4, -0.2) is 17.6 Å². The van der Waals surface area contributed by atoms with Crippen LogP contribution in [0.3, 0.4) is 0 Å². The number of hydrogen-bond acceptors (Lipinski definition) is 3. The third-order valence-electron chi connectivity index (χ3n) is 3.81. The Balaban J connectivity index is 2.36. The highest BCUT2D eigenvalue weighted by molar-refractivity contribution is 5.85. The molecule has 4 heteroatoms. The monoisotopic (exact) mass is 277 g/mol. The lowest BCUT2D eigenvalue weighted by Crippen LogP contribution is -2.32. The summed E-state index contributed by atoms with van der Waals surface area (Å²) >= 11 is 0. The first-order valence-electron chi connectivity index (χ1n) is 7.15. The topological polar surface area (TPSA) is 70.6 Å². The standard InChI is InChI=1S/C16H27N3O/c1-12-6-8-14(9-7-12)13(2)18-11-5-10-16(3,4)15(17)19-20/h6-9,13,18,20H,5,10-11H2,1-4H3,(H2,17,19)/t13-/m0/s1. The van der Waals surface area contributed by atoms with Crippen LogP contribution in [-0.2, 0) is 0 Å². The molecule has 112 valence electrons. The lowest BCUT2D eigenvalue weighted by molar-refractivity contribution is 0.304. The van der Waals surface area contributed by atoms with Crippen LogP contribution in [0, 0.1) is 12.3 Å². The number of nitrogens with one attached hydrogen (secondary N) is 1. The summed E-state index contributed by atoms with van der Waals surface area (Å²) in [4.78, 5) is 0. The molecule has 0 saturated carbocycles. The fourth-order valence-corrected chi connectivity index (χ4v) is 2.09. The number of hydrogen-bond donors (Lipinski definition) is 3. The van der Waals surface area contributed by atoms with Gasteiger partial charge in [-0.1, -0.05) is 48.8 Å². The minimum absolute atomic E-state index is 0.260. The fraction of sp³-hybridized carbons (Fsp3) is 0.562. The van der Waals surface area contributed by atoms with Crippen LogP contribution in [0.25, 0.3) is 0 Å². The average Bonchev–Trinajstić information content (AvgIpc) is 2.43. The van der Waals surface area contributed by atoms with E-state index in [1.807, 2.05) is 13.8 Å². The second-order valence-electron chi connectivity index (χ2n) is 6.06. The first-order chi connectivity index (χ1) is 9.36. The molecule has 0 amide bonds. The first kappa shape index (κ1) is 16.5.